The molecule has 1 fully saturated rings. The van der Waals surface area contributed by atoms with Crippen LogP contribution >= 0.6 is 15.9 Å². The lowest BCUT2D eigenvalue weighted by atomic mass is 10.1. The Kier molecular flexibility index (Phi) is 7.01. The molecule has 4 heterocycles. The number of halogens is 1. The summed E-state index contributed by atoms with van der Waals surface area (Å²) in [5.41, 5.74) is 2.44. The van der Waals surface area contributed by atoms with E-state index in [1.54, 1.807) is 18.3 Å². The van der Waals surface area contributed by atoms with Gasteiger partial charge in [0.15, 0.2) is 6.10 Å². The van der Waals surface area contributed by atoms with Gasteiger partial charge in [-0.05, 0) is 52.2 Å². The number of rotatable bonds is 7. The highest BCUT2D eigenvalue weighted by atomic mass is 79.9. The van der Waals surface area contributed by atoms with Crippen molar-refractivity contribution < 1.29 is 14.4 Å². The Morgan fingerprint density at radius 1 is 1.17 bits per heavy atom. The molecule has 2 aliphatic heterocycles. The number of benzene rings is 1. The summed E-state index contributed by atoms with van der Waals surface area (Å²) in [6.07, 6.45) is 5.96. The average molecular weight is 537 g/mol. The van der Waals surface area contributed by atoms with Crippen LogP contribution < -0.4 is 10.6 Å². The van der Waals surface area contributed by atoms with E-state index in [1.807, 2.05) is 30.5 Å². The number of aromatic nitrogens is 2. The molecule has 5 rings (SSSR count). The highest BCUT2D eigenvalue weighted by Crippen LogP contribution is 2.23. The summed E-state index contributed by atoms with van der Waals surface area (Å²) >= 11 is 3.32. The number of carbonyl (C=O) groups is 2. The smallest absolute Gasteiger partial charge is 0.253 e. The van der Waals surface area contributed by atoms with Crippen LogP contribution in [0.3, 0.4) is 0 Å². The first kappa shape index (κ1) is 23.4. The third-order valence-corrected chi connectivity index (χ3v) is 6.67. The molecule has 0 aliphatic carbocycles. The van der Waals surface area contributed by atoms with E-state index >= 15 is 0 Å². The topological polar surface area (TPSA) is 109 Å². The second-order valence-electron chi connectivity index (χ2n) is 8.77. The Labute approximate surface area is 211 Å². The van der Waals surface area contributed by atoms with Gasteiger partial charge in [0.05, 0.1) is 23.7 Å². The SMILES string of the molecule is O=C(N[C@@H]1C[C@@H](C(=O)NC[C@@H]2CC(Br)=NO2)N(Cc2cnc3ccccc3c2)C1)c1cccnc1. The lowest BCUT2D eigenvalue weighted by Gasteiger charge is -2.24. The molecule has 0 unspecified atom stereocenters. The van der Waals surface area contributed by atoms with Crippen molar-refractivity contribution in [1.29, 1.82) is 0 Å². The van der Waals surface area contributed by atoms with Gasteiger partial charge in [-0.1, -0.05) is 23.4 Å². The van der Waals surface area contributed by atoms with Crippen molar-refractivity contribution in [2.75, 3.05) is 13.1 Å². The fraction of sp³-hybridized carbons (Fsp3) is 0.320. The zero-order chi connectivity index (χ0) is 24.2. The first-order chi connectivity index (χ1) is 17.0. The monoisotopic (exact) mass is 536 g/mol. The number of hydrogen-bond acceptors (Lipinski definition) is 7. The molecule has 0 spiro atoms. The number of amides is 2. The molecule has 2 aromatic heterocycles. The van der Waals surface area contributed by atoms with Gasteiger partial charge >= 0.3 is 0 Å². The van der Waals surface area contributed by atoms with E-state index in [0.717, 1.165) is 21.1 Å². The second kappa shape index (κ2) is 10.5. The Hall–Kier alpha value is -3.37. The zero-order valence-electron chi connectivity index (χ0n) is 18.9. The van der Waals surface area contributed by atoms with Crippen LogP contribution in [0.2, 0.25) is 0 Å². The number of hydrogen-bond donors (Lipinski definition) is 2. The summed E-state index contributed by atoms with van der Waals surface area (Å²) in [6.45, 7) is 1.46. The standard InChI is InChI=1S/C25H25BrN6O3/c26-23-10-20(35-31-23)13-29-25(34)22-9-19(30-24(33)18-5-3-7-27-12-18)15-32(22)14-16-8-17-4-1-2-6-21(17)28-11-16/h1-8,11-12,19-20,22H,9-10,13-15H2,(H,29,34)(H,30,33)/t19-,20+,22+/m1/s1. The van der Waals surface area contributed by atoms with E-state index in [-0.39, 0.29) is 24.0 Å². The van der Waals surface area contributed by atoms with E-state index in [9.17, 15) is 9.59 Å². The number of oxime groups is 1. The van der Waals surface area contributed by atoms with Gasteiger partial charge in [-0.3, -0.25) is 24.5 Å². The number of nitrogens with zero attached hydrogens (tertiary/aromatic N) is 4. The van der Waals surface area contributed by atoms with Crippen molar-refractivity contribution in [2.24, 2.45) is 5.16 Å². The first-order valence-electron chi connectivity index (χ1n) is 11.5. The molecule has 35 heavy (non-hydrogen) atoms. The summed E-state index contributed by atoms with van der Waals surface area (Å²) in [5.74, 6) is -0.290. The molecular weight excluding hydrogens is 512 g/mol. The zero-order valence-corrected chi connectivity index (χ0v) is 20.5. The maximum atomic E-state index is 13.2. The van der Waals surface area contributed by atoms with Gasteiger partial charge in [0.25, 0.3) is 5.91 Å². The number of para-hydroxylation sites is 1. The lowest BCUT2D eigenvalue weighted by molar-refractivity contribution is -0.126. The van der Waals surface area contributed by atoms with Crippen LogP contribution in [0.25, 0.3) is 10.9 Å². The third-order valence-electron chi connectivity index (χ3n) is 6.20. The fourth-order valence-electron chi connectivity index (χ4n) is 4.49. The first-order valence-corrected chi connectivity index (χ1v) is 12.3. The quantitative estimate of drug-likeness (QED) is 0.480. The van der Waals surface area contributed by atoms with Crippen LogP contribution in [-0.4, -0.2) is 62.6 Å². The van der Waals surface area contributed by atoms with Gasteiger partial charge in [0.2, 0.25) is 5.91 Å². The third kappa shape index (κ3) is 5.66. The summed E-state index contributed by atoms with van der Waals surface area (Å²) in [7, 11) is 0. The van der Waals surface area contributed by atoms with Crippen LogP contribution in [-0.2, 0) is 16.2 Å². The van der Waals surface area contributed by atoms with Crippen molar-refractivity contribution in [3.63, 3.8) is 0 Å². The lowest BCUT2D eigenvalue weighted by Crippen LogP contribution is -2.45. The van der Waals surface area contributed by atoms with Crippen LogP contribution in [0.1, 0.15) is 28.8 Å². The van der Waals surface area contributed by atoms with Crippen LogP contribution in [0.5, 0.6) is 0 Å². The number of nitrogens with one attached hydrogen (secondary N) is 2. The highest BCUT2D eigenvalue weighted by Gasteiger charge is 2.38. The van der Waals surface area contributed by atoms with E-state index in [1.165, 1.54) is 6.20 Å². The van der Waals surface area contributed by atoms with Crippen LogP contribution in [0.4, 0.5) is 0 Å². The Balaban J connectivity index is 1.29. The number of carbonyl (C=O) groups excluding carboxylic acids is 2. The number of pyridine rings is 2. The van der Waals surface area contributed by atoms with E-state index in [2.05, 4.69) is 52.7 Å². The molecule has 10 heteroatoms. The Morgan fingerprint density at radius 2 is 2.06 bits per heavy atom. The van der Waals surface area contributed by atoms with Gasteiger partial charge in [-0.15, -0.1) is 0 Å². The molecular formula is C25H25BrN6O3. The summed E-state index contributed by atoms with van der Waals surface area (Å²) in [4.78, 5) is 41.9. The summed E-state index contributed by atoms with van der Waals surface area (Å²) < 4.78 is 0.737. The molecule has 1 aromatic carbocycles. The molecule has 0 radical (unpaired) electrons. The van der Waals surface area contributed by atoms with Gasteiger partial charge < -0.3 is 15.5 Å². The molecule has 2 amide bonds. The highest BCUT2D eigenvalue weighted by molar-refractivity contribution is 9.18. The normalized spacial score (nSPS) is 22.0. The largest absolute Gasteiger partial charge is 0.390 e. The van der Waals surface area contributed by atoms with Gasteiger partial charge in [0.1, 0.15) is 4.62 Å². The van der Waals surface area contributed by atoms with Crippen LogP contribution in [0, 0.1) is 0 Å². The second-order valence-corrected chi connectivity index (χ2v) is 9.69. The molecule has 2 N–H and O–H groups in total. The molecule has 0 saturated carbocycles. The van der Waals surface area contributed by atoms with Gasteiger partial charge in [-0.25, -0.2) is 0 Å². The van der Waals surface area contributed by atoms with E-state index < -0.39 is 6.04 Å². The minimum absolute atomic E-state index is 0.0940. The molecule has 2 aliphatic rings. The van der Waals surface area contributed by atoms with Crippen molar-refractivity contribution >= 4 is 43.3 Å². The minimum atomic E-state index is -0.397. The number of likely N-dealkylation sites (tertiary alicyclic amines) is 1. The maximum Gasteiger partial charge on any atom is 0.253 e. The molecule has 0 bridgehead atoms. The summed E-state index contributed by atoms with van der Waals surface area (Å²) in [5, 5.41) is 11.0. The molecule has 3 atom stereocenters. The Morgan fingerprint density at radius 3 is 2.86 bits per heavy atom. The van der Waals surface area contributed by atoms with Crippen molar-refractivity contribution in [2.45, 2.75) is 37.6 Å². The fourth-order valence-corrected chi connectivity index (χ4v) is 4.94. The molecule has 1 saturated heterocycles. The molecule has 9 nitrogen and oxygen atoms in total. The van der Waals surface area contributed by atoms with E-state index in [0.29, 0.717) is 38.0 Å². The van der Waals surface area contributed by atoms with Gasteiger partial charge in [0, 0.05) is 49.5 Å². The molecule has 3 aromatic rings. The van der Waals surface area contributed by atoms with Crippen molar-refractivity contribution in [3.8, 4) is 0 Å². The van der Waals surface area contributed by atoms with Gasteiger partial charge in [-0.2, -0.15) is 0 Å². The van der Waals surface area contributed by atoms with Crippen molar-refractivity contribution in [1.82, 2.24) is 25.5 Å². The molecule has 180 valence electrons. The predicted octanol–water partition coefficient (Wildman–Crippen LogP) is 2.62. The van der Waals surface area contributed by atoms with E-state index in [4.69, 9.17) is 4.84 Å². The van der Waals surface area contributed by atoms with Crippen LogP contribution in [0.15, 0.2) is 66.2 Å². The Bertz CT molecular complexity index is 1250. The van der Waals surface area contributed by atoms with Crippen molar-refractivity contribution in [3.05, 3.63) is 72.2 Å². The minimum Gasteiger partial charge on any atom is -0.390 e. The summed E-state index contributed by atoms with van der Waals surface area (Å²) in [6, 6.07) is 12.9. The number of fused-ring (bicyclic) bond motifs is 1. The maximum absolute atomic E-state index is 13.2. The predicted molar refractivity (Wildman–Crippen MR) is 135 cm³/mol. The average Bonchev–Trinajstić information content (AvgIpc) is 3.48.